The molecule has 0 radical (unpaired) electrons. The van der Waals surface area contributed by atoms with Crippen molar-refractivity contribution >= 4 is 50.3 Å². The molecule has 156 valence electrons. The third-order valence-electron chi connectivity index (χ3n) is 6.93. The van der Waals surface area contributed by atoms with Gasteiger partial charge >= 0.3 is 0 Å². The highest BCUT2D eigenvalue weighted by atomic mass is 31.1. The molecule has 1 unspecified atom stereocenters. The van der Waals surface area contributed by atoms with Gasteiger partial charge < -0.3 is 4.57 Å². The Balaban J connectivity index is 1.51. The monoisotopic (exact) mass is 439 g/mol. The highest BCUT2D eigenvalue weighted by Gasteiger charge is 2.15. The molecule has 0 aliphatic heterocycles. The predicted molar refractivity (Wildman–Crippen MR) is 145 cm³/mol. The van der Waals surface area contributed by atoms with Crippen LogP contribution in [0, 0.1) is 0 Å². The zero-order valence-electron chi connectivity index (χ0n) is 18.4. The van der Waals surface area contributed by atoms with Crippen molar-refractivity contribution < 1.29 is 0 Å². The zero-order valence-corrected chi connectivity index (χ0v) is 19.3. The van der Waals surface area contributed by atoms with Crippen LogP contribution >= 0.6 is 7.53 Å². The molecule has 33 heavy (non-hydrogen) atoms. The highest BCUT2D eigenvalue weighted by molar-refractivity contribution is 7.67. The molecule has 0 bridgehead atoms. The lowest BCUT2D eigenvalue weighted by Gasteiger charge is -2.07. The molecule has 1 nitrogen and oxygen atoms in total. The Kier molecular flexibility index (Phi) is 4.03. The van der Waals surface area contributed by atoms with E-state index < -0.39 is 7.53 Å². The second kappa shape index (κ2) is 7.10. The van der Waals surface area contributed by atoms with Crippen molar-refractivity contribution in [2.75, 3.05) is 0 Å². The lowest BCUT2D eigenvalue weighted by Crippen LogP contribution is -1.86. The van der Waals surface area contributed by atoms with Crippen molar-refractivity contribution in [1.82, 2.24) is 4.57 Å². The van der Waals surface area contributed by atoms with Crippen LogP contribution in [-0.4, -0.2) is 4.57 Å². The number of aryl methyl sites for hydroxylation is 1. The topological polar surface area (TPSA) is 4.93 Å². The molecule has 2 aromatic heterocycles. The molecule has 7 rings (SSSR count). The van der Waals surface area contributed by atoms with Gasteiger partial charge in [-0.2, -0.15) is 0 Å². The normalized spacial score (nSPS) is 12.3. The van der Waals surface area contributed by atoms with Crippen molar-refractivity contribution in [3.8, 4) is 16.4 Å². The molecule has 7 aromatic rings. The van der Waals surface area contributed by atoms with E-state index in [-0.39, 0.29) is 0 Å². The van der Waals surface area contributed by atoms with E-state index in [1.807, 2.05) is 0 Å². The van der Waals surface area contributed by atoms with E-state index in [2.05, 4.69) is 127 Å². The number of aromatic nitrogens is 1. The summed E-state index contributed by atoms with van der Waals surface area (Å²) >= 11 is 0. The smallest absolute Gasteiger partial charge is 0.0489 e. The Bertz CT molecular complexity index is 1820. The zero-order chi connectivity index (χ0) is 21.9. The Morgan fingerprint density at radius 2 is 1.12 bits per heavy atom. The predicted octanol–water partition coefficient (Wildman–Crippen LogP) is 9.28. The van der Waals surface area contributed by atoms with Crippen LogP contribution < -0.4 is 0 Å². The largest absolute Gasteiger partial charge is 0.344 e. The Labute approximate surface area is 193 Å². The van der Waals surface area contributed by atoms with Crippen molar-refractivity contribution in [1.29, 1.82) is 0 Å². The van der Waals surface area contributed by atoms with E-state index >= 15 is 0 Å². The van der Waals surface area contributed by atoms with Crippen LogP contribution in [0.25, 0.3) is 59.2 Å². The van der Waals surface area contributed by atoms with Crippen molar-refractivity contribution in [3.63, 3.8) is 0 Å². The minimum atomic E-state index is -0.541. The highest BCUT2D eigenvalue weighted by Crippen LogP contribution is 2.55. The van der Waals surface area contributed by atoms with Gasteiger partial charge in [0.25, 0.3) is 0 Å². The molecular formula is C31H22NP. The summed E-state index contributed by atoms with van der Waals surface area (Å²) in [6.07, 6.45) is 0. The fraction of sp³-hybridized carbons (Fsp3) is 0.0323. The molecule has 1 atom stereocenters. The minimum absolute atomic E-state index is 0.541. The fourth-order valence-corrected chi connectivity index (χ4v) is 8.01. The van der Waals surface area contributed by atoms with Gasteiger partial charge in [0.05, 0.1) is 0 Å². The second-order valence-corrected chi connectivity index (χ2v) is 10.9. The summed E-state index contributed by atoms with van der Waals surface area (Å²) in [5, 5.41) is 9.76. The second-order valence-electron chi connectivity index (χ2n) is 8.73. The summed E-state index contributed by atoms with van der Waals surface area (Å²) in [6.45, 7) is 0. The standard InChI is InChI=1S/C31H22NP/c1-32-28-13-7-5-11-24(28)27-19-21(16-18-29(27)32)22-15-17-26-25-12-6-8-14-30(25)33(31(26)20-22)23-9-3-2-4-10-23/h2-20H,1H3. The Morgan fingerprint density at radius 1 is 0.485 bits per heavy atom. The summed E-state index contributed by atoms with van der Waals surface area (Å²) in [4.78, 5) is 0. The van der Waals surface area contributed by atoms with E-state index in [0.717, 1.165) is 0 Å². The quantitative estimate of drug-likeness (QED) is 0.253. The molecule has 0 fully saturated rings. The number of hydrogen-bond donors (Lipinski definition) is 0. The summed E-state index contributed by atoms with van der Waals surface area (Å²) in [5.74, 6) is 0. The number of fused-ring (bicyclic) bond motifs is 6. The molecule has 2 heterocycles. The van der Waals surface area contributed by atoms with Crippen molar-refractivity contribution in [2.24, 2.45) is 7.05 Å². The molecule has 0 amide bonds. The molecule has 0 aliphatic carbocycles. The van der Waals surface area contributed by atoms with Crippen molar-refractivity contribution in [2.45, 2.75) is 0 Å². The Hall–Kier alpha value is -3.80. The van der Waals surface area contributed by atoms with Crippen LogP contribution in [0.4, 0.5) is 0 Å². The fourth-order valence-electron chi connectivity index (χ4n) is 5.35. The molecule has 5 aromatic carbocycles. The summed E-state index contributed by atoms with van der Waals surface area (Å²) in [6, 6.07) is 42.6. The maximum Gasteiger partial charge on any atom is 0.0489 e. The van der Waals surface area contributed by atoms with E-state index in [4.69, 9.17) is 0 Å². The molecule has 0 saturated carbocycles. The van der Waals surface area contributed by atoms with Gasteiger partial charge in [-0.3, -0.25) is 0 Å². The first kappa shape index (κ1) is 18.7. The van der Waals surface area contributed by atoms with Gasteiger partial charge in [0.15, 0.2) is 0 Å². The third kappa shape index (κ3) is 2.73. The molecule has 2 heteroatoms. The van der Waals surface area contributed by atoms with Gasteiger partial charge in [0.1, 0.15) is 0 Å². The van der Waals surface area contributed by atoms with E-state index in [1.165, 1.54) is 59.2 Å². The van der Waals surface area contributed by atoms with Gasteiger partial charge in [-0.05, 0) is 51.5 Å². The average molecular weight is 439 g/mol. The Morgan fingerprint density at radius 3 is 2.00 bits per heavy atom. The SMILES string of the molecule is Cn1c2ccccc2c2cc(-c3ccc4c5ccccc5p(-c5ccccc5)c4c3)ccc21. The van der Waals surface area contributed by atoms with Crippen LogP contribution in [0.15, 0.2) is 115 Å². The van der Waals surface area contributed by atoms with Crippen LogP contribution in [0.3, 0.4) is 0 Å². The van der Waals surface area contributed by atoms with Crippen LogP contribution in [0.5, 0.6) is 0 Å². The van der Waals surface area contributed by atoms with Gasteiger partial charge in [-0.1, -0.05) is 98.5 Å². The average Bonchev–Trinajstić information content (AvgIpc) is 3.36. The summed E-state index contributed by atoms with van der Waals surface area (Å²) < 4.78 is 2.29. The number of rotatable bonds is 2. The first-order chi connectivity index (χ1) is 16.3. The maximum absolute atomic E-state index is 2.44. The number of hydrogen-bond acceptors (Lipinski definition) is 0. The van der Waals surface area contributed by atoms with E-state index in [9.17, 15) is 0 Å². The van der Waals surface area contributed by atoms with Crippen molar-refractivity contribution in [3.05, 3.63) is 115 Å². The number of para-hydroxylation sites is 1. The molecule has 0 spiro atoms. The van der Waals surface area contributed by atoms with Crippen LogP contribution in [0.1, 0.15) is 0 Å². The van der Waals surface area contributed by atoms with E-state index in [1.54, 1.807) is 0 Å². The number of nitrogens with zero attached hydrogens (tertiary/aromatic N) is 1. The van der Waals surface area contributed by atoms with Gasteiger partial charge in [-0.25, -0.2) is 0 Å². The summed E-state index contributed by atoms with van der Waals surface area (Å²) in [5.41, 5.74) is 5.13. The lowest BCUT2D eigenvalue weighted by molar-refractivity contribution is 1.01. The number of benzene rings is 5. The minimum Gasteiger partial charge on any atom is -0.344 e. The van der Waals surface area contributed by atoms with Gasteiger partial charge in [0.2, 0.25) is 0 Å². The first-order valence-electron chi connectivity index (χ1n) is 11.4. The van der Waals surface area contributed by atoms with Crippen LogP contribution in [-0.2, 0) is 7.05 Å². The molecule has 0 N–H and O–H groups in total. The molecular weight excluding hydrogens is 417 g/mol. The van der Waals surface area contributed by atoms with E-state index in [0.29, 0.717) is 0 Å². The molecule has 0 saturated heterocycles. The van der Waals surface area contributed by atoms with Gasteiger partial charge in [0, 0.05) is 39.1 Å². The molecule has 0 aliphatic rings. The van der Waals surface area contributed by atoms with Crippen LogP contribution in [0.2, 0.25) is 0 Å². The maximum atomic E-state index is 2.44. The summed E-state index contributed by atoms with van der Waals surface area (Å²) in [7, 11) is 1.62. The lowest BCUT2D eigenvalue weighted by atomic mass is 10.0. The third-order valence-corrected chi connectivity index (χ3v) is 9.47. The van der Waals surface area contributed by atoms with Gasteiger partial charge in [-0.15, -0.1) is 0 Å². The first-order valence-corrected chi connectivity index (χ1v) is 12.7.